The van der Waals surface area contributed by atoms with Crippen LogP contribution in [0.5, 0.6) is 0 Å². The van der Waals surface area contributed by atoms with Crippen molar-refractivity contribution < 1.29 is 23.8 Å². The molecule has 6 heteroatoms. The van der Waals surface area contributed by atoms with Gasteiger partial charge in [-0.25, -0.2) is 4.90 Å². The quantitative estimate of drug-likeness (QED) is 0.599. The highest BCUT2D eigenvalue weighted by molar-refractivity contribution is 6.23. The van der Waals surface area contributed by atoms with E-state index in [0.717, 1.165) is 0 Å². The van der Waals surface area contributed by atoms with Crippen LogP contribution in [0.4, 0.5) is 5.69 Å². The van der Waals surface area contributed by atoms with Crippen molar-refractivity contribution in [3.05, 3.63) is 42.5 Å². The summed E-state index contributed by atoms with van der Waals surface area (Å²) >= 11 is 0. The number of imide groups is 1. The third kappa shape index (κ3) is 1.58. The van der Waals surface area contributed by atoms with Gasteiger partial charge in [-0.3, -0.25) is 9.59 Å². The first-order valence-corrected chi connectivity index (χ1v) is 7.76. The van der Waals surface area contributed by atoms with Gasteiger partial charge in [-0.1, -0.05) is 24.3 Å². The number of benzene rings is 1. The molecule has 23 heavy (non-hydrogen) atoms. The Morgan fingerprint density at radius 2 is 1.78 bits per heavy atom. The van der Waals surface area contributed by atoms with Crippen LogP contribution in [0.3, 0.4) is 0 Å². The SMILES string of the molecule is O=C1[C@@H]2[C@@H](C(=O)N1c1ccccc1)[C@@]1(C3OCCO3)C=C[C@H]2O1. The van der Waals surface area contributed by atoms with Gasteiger partial charge >= 0.3 is 0 Å². The molecule has 1 aromatic rings. The topological polar surface area (TPSA) is 65.1 Å². The van der Waals surface area contributed by atoms with Gasteiger partial charge in [0.2, 0.25) is 11.8 Å². The molecule has 5 rings (SSSR count). The number of hydrogen-bond donors (Lipinski definition) is 0. The van der Waals surface area contributed by atoms with Gasteiger partial charge in [0.25, 0.3) is 0 Å². The Labute approximate surface area is 132 Å². The van der Waals surface area contributed by atoms with Crippen LogP contribution in [-0.4, -0.2) is 43.0 Å². The number of ether oxygens (including phenoxy) is 3. The van der Waals surface area contributed by atoms with Crippen LogP contribution in [0.25, 0.3) is 0 Å². The molecule has 0 radical (unpaired) electrons. The van der Waals surface area contributed by atoms with E-state index in [2.05, 4.69) is 0 Å². The number of carbonyl (C=O) groups excluding carboxylic acids is 2. The van der Waals surface area contributed by atoms with Crippen molar-refractivity contribution in [2.45, 2.75) is 18.0 Å². The van der Waals surface area contributed by atoms with Gasteiger partial charge in [-0.15, -0.1) is 0 Å². The van der Waals surface area contributed by atoms with Crippen LogP contribution in [0, 0.1) is 11.8 Å². The average Bonchev–Trinajstić information content (AvgIpc) is 3.32. The lowest BCUT2D eigenvalue weighted by atomic mass is 9.76. The van der Waals surface area contributed by atoms with E-state index in [0.29, 0.717) is 18.9 Å². The predicted molar refractivity (Wildman–Crippen MR) is 78.4 cm³/mol. The number of nitrogens with zero attached hydrogens (tertiary/aromatic N) is 1. The highest BCUT2D eigenvalue weighted by atomic mass is 16.7. The van der Waals surface area contributed by atoms with Gasteiger partial charge < -0.3 is 14.2 Å². The van der Waals surface area contributed by atoms with Gasteiger partial charge in [0.1, 0.15) is 0 Å². The molecule has 0 N–H and O–H groups in total. The van der Waals surface area contributed by atoms with Gasteiger partial charge in [-0.05, 0) is 18.2 Å². The highest BCUT2D eigenvalue weighted by Gasteiger charge is 2.71. The zero-order valence-electron chi connectivity index (χ0n) is 12.3. The Bertz CT molecular complexity index is 711. The highest BCUT2D eigenvalue weighted by Crippen LogP contribution is 2.55. The third-order valence-electron chi connectivity index (χ3n) is 5.08. The number of rotatable bonds is 2. The van der Waals surface area contributed by atoms with Crippen LogP contribution in [0.15, 0.2) is 42.5 Å². The molecule has 1 aromatic carbocycles. The molecular formula is C17H15NO5. The molecule has 0 aromatic heterocycles. The van der Waals surface area contributed by atoms with Gasteiger partial charge in [-0.2, -0.15) is 0 Å². The lowest BCUT2D eigenvalue weighted by Crippen LogP contribution is -2.49. The number of fused-ring (bicyclic) bond motifs is 5. The van der Waals surface area contributed by atoms with Crippen molar-refractivity contribution >= 4 is 17.5 Å². The van der Waals surface area contributed by atoms with Crippen LogP contribution in [0.2, 0.25) is 0 Å². The van der Waals surface area contributed by atoms with Gasteiger partial charge in [0, 0.05) is 0 Å². The van der Waals surface area contributed by atoms with Crippen LogP contribution in [-0.2, 0) is 23.8 Å². The summed E-state index contributed by atoms with van der Waals surface area (Å²) < 4.78 is 17.2. The number of para-hydroxylation sites is 1. The summed E-state index contributed by atoms with van der Waals surface area (Å²) in [6, 6.07) is 9.01. The monoisotopic (exact) mass is 313 g/mol. The molecule has 3 saturated heterocycles. The molecule has 3 fully saturated rings. The second kappa shape index (κ2) is 4.50. The maximum atomic E-state index is 13.0. The van der Waals surface area contributed by atoms with Gasteiger partial charge in [0.05, 0.1) is 36.8 Å². The predicted octanol–water partition coefficient (Wildman–Crippen LogP) is 0.872. The normalized spacial score (nSPS) is 38.8. The fourth-order valence-corrected chi connectivity index (χ4v) is 4.16. The minimum Gasteiger partial charge on any atom is -0.357 e. The molecular weight excluding hydrogens is 298 g/mol. The number of amides is 2. The Kier molecular flexibility index (Phi) is 2.63. The Morgan fingerprint density at radius 1 is 1.04 bits per heavy atom. The van der Waals surface area contributed by atoms with E-state index >= 15 is 0 Å². The van der Waals surface area contributed by atoms with Gasteiger partial charge in [0.15, 0.2) is 11.9 Å². The van der Waals surface area contributed by atoms with E-state index in [4.69, 9.17) is 14.2 Å². The Balaban J connectivity index is 1.58. The summed E-state index contributed by atoms with van der Waals surface area (Å²) in [7, 11) is 0. The molecule has 0 aliphatic carbocycles. The van der Waals surface area contributed by atoms with Crippen LogP contribution >= 0.6 is 0 Å². The van der Waals surface area contributed by atoms with Crippen molar-refractivity contribution in [2.24, 2.45) is 11.8 Å². The van der Waals surface area contributed by atoms with E-state index in [1.807, 2.05) is 30.4 Å². The molecule has 2 bridgehead atoms. The summed E-state index contributed by atoms with van der Waals surface area (Å²) in [5, 5.41) is 0. The lowest BCUT2D eigenvalue weighted by molar-refractivity contribution is -0.180. The summed E-state index contributed by atoms with van der Waals surface area (Å²) in [5.41, 5.74) is -0.387. The van der Waals surface area contributed by atoms with E-state index < -0.39 is 29.8 Å². The molecule has 4 aliphatic heterocycles. The Morgan fingerprint density at radius 3 is 2.52 bits per heavy atom. The third-order valence-corrected chi connectivity index (χ3v) is 5.08. The molecule has 6 nitrogen and oxygen atoms in total. The second-order valence-electron chi connectivity index (χ2n) is 6.22. The van der Waals surface area contributed by atoms with Crippen LogP contribution in [0.1, 0.15) is 0 Å². The molecule has 4 heterocycles. The van der Waals surface area contributed by atoms with E-state index in [1.165, 1.54) is 4.90 Å². The van der Waals surface area contributed by atoms with E-state index in [9.17, 15) is 9.59 Å². The number of anilines is 1. The van der Waals surface area contributed by atoms with Crippen molar-refractivity contribution in [1.82, 2.24) is 0 Å². The molecule has 0 spiro atoms. The fraction of sp³-hybridized carbons (Fsp3) is 0.412. The molecule has 4 aliphatic rings. The number of carbonyl (C=O) groups is 2. The second-order valence-corrected chi connectivity index (χ2v) is 6.22. The summed E-state index contributed by atoms with van der Waals surface area (Å²) in [6.07, 6.45) is 2.67. The molecule has 0 saturated carbocycles. The minimum atomic E-state index is -0.984. The summed E-state index contributed by atoms with van der Waals surface area (Å²) in [6.45, 7) is 0.937. The van der Waals surface area contributed by atoms with Crippen molar-refractivity contribution in [3.63, 3.8) is 0 Å². The van der Waals surface area contributed by atoms with Crippen molar-refractivity contribution in [2.75, 3.05) is 18.1 Å². The Hall–Kier alpha value is -2.02. The maximum absolute atomic E-state index is 13.0. The zero-order chi connectivity index (χ0) is 15.6. The average molecular weight is 313 g/mol. The molecule has 0 unspecified atom stereocenters. The number of hydrogen-bond acceptors (Lipinski definition) is 5. The first-order chi connectivity index (χ1) is 11.2. The zero-order valence-corrected chi connectivity index (χ0v) is 12.3. The smallest absolute Gasteiger partial charge is 0.241 e. The first kappa shape index (κ1) is 13.4. The van der Waals surface area contributed by atoms with E-state index in [1.54, 1.807) is 12.1 Å². The molecule has 4 atom stereocenters. The largest absolute Gasteiger partial charge is 0.357 e. The van der Waals surface area contributed by atoms with Crippen molar-refractivity contribution in [1.29, 1.82) is 0 Å². The fourth-order valence-electron chi connectivity index (χ4n) is 4.16. The van der Waals surface area contributed by atoms with E-state index in [-0.39, 0.29) is 11.8 Å². The lowest BCUT2D eigenvalue weighted by Gasteiger charge is -2.32. The molecule has 2 amide bonds. The summed E-state index contributed by atoms with van der Waals surface area (Å²) in [5.74, 6) is -1.54. The maximum Gasteiger partial charge on any atom is 0.241 e. The van der Waals surface area contributed by atoms with Crippen molar-refractivity contribution in [3.8, 4) is 0 Å². The standard InChI is InChI=1S/C17H15NO5/c19-14-12-11-6-7-17(23-11,16-21-8-9-22-16)13(12)15(20)18(14)10-4-2-1-3-5-10/h1-7,11-13,16H,8-9H2/t11-,12+,13+,17-/m1/s1. The van der Waals surface area contributed by atoms with Crippen LogP contribution < -0.4 is 4.90 Å². The molecule has 118 valence electrons. The minimum absolute atomic E-state index is 0.208. The summed E-state index contributed by atoms with van der Waals surface area (Å²) in [4.78, 5) is 27.2. The first-order valence-electron chi connectivity index (χ1n) is 7.76.